The monoisotopic (exact) mass is 289 g/mol. The molecule has 4 heteroatoms. The van der Waals surface area contributed by atoms with Gasteiger partial charge in [0.15, 0.2) is 0 Å². The molecule has 1 amide bonds. The van der Waals surface area contributed by atoms with E-state index in [1.165, 1.54) is 4.88 Å². The maximum absolute atomic E-state index is 12.5. The van der Waals surface area contributed by atoms with Gasteiger partial charge in [-0.15, -0.1) is 11.3 Å². The van der Waals surface area contributed by atoms with Gasteiger partial charge in [0.25, 0.3) is 5.91 Å². The Morgan fingerprint density at radius 2 is 1.95 bits per heavy atom. The Balaban J connectivity index is 2.07. The molecule has 0 aliphatic carbocycles. The smallest absolute Gasteiger partial charge is 0.254 e. The first kappa shape index (κ1) is 14.6. The number of carbonyl (C=O) groups excluding carboxylic acids is 1. The molecule has 20 heavy (non-hydrogen) atoms. The van der Waals surface area contributed by atoms with Crippen molar-refractivity contribution in [2.75, 3.05) is 13.2 Å². The molecule has 0 saturated carbocycles. The van der Waals surface area contributed by atoms with Crippen molar-refractivity contribution in [1.29, 1.82) is 0 Å². The Morgan fingerprint density at radius 1 is 1.20 bits per heavy atom. The first-order valence-electron chi connectivity index (χ1n) is 6.79. The van der Waals surface area contributed by atoms with Gasteiger partial charge in [-0.3, -0.25) is 4.79 Å². The van der Waals surface area contributed by atoms with E-state index < -0.39 is 0 Å². The summed E-state index contributed by atoms with van der Waals surface area (Å²) in [7, 11) is 0. The second kappa shape index (κ2) is 7.10. The van der Waals surface area contributed by atoms with E-state index in [1.807, 2.05) is 54.5 Å². The van der Waals surface area contributed by atoms with Crippen LogP contribution in [0.2, 0.25) is 0 Å². The minimum atomic E-state index is 0.0592. The van der Waals surface area contributed by atoms with Crippen LogP contribution < -0.4 is 4.74 Å². The molecule has 1 aromatic heterocycles. The second-order valence-electron chi connectivity index (χ2n) is 4.36. The number of carbonyl (C=O) groups is 1. The fourth-order valence-corrected chi connectivity index (χ4v) is 2.68. The van der Waals surface area contributed by atoms with Crippen molar-refractivity contribution in [3.8, 4) is 5.75 Å². The highest BCUT2D eigenvalue weighted by Crippen LogP contribution is 2.17. The van der Waals surface area contributed by atoms with Crippen LogP contribution in [0.25, 0.3) is 0 Å². The van der Waals surface area contributed by atoms with Gasteiger partial charge in [0.2, 0.25) is 0 Å². The molecule has 0 atom stereocenters. The molecule has 2 rings (SSSR count). The van der Waals surface area contributed by atoms with Crippen LogP contribution in [-0.2, 0) is 6.54 Å². The van der Waals surface area contributed by atoms with Gasteiger partial charge < -0.3 is 9.64 Å². The zero-order chi connectivity index (χ0) is 14.4. The number of amides is 1. The predicted octanol–water partition coefficient (Wildman–Crippen LogP) is 3.81. The van der Waals surface area contributed by atoms with Gasteiger partial charge in [-0.05, 0) is 49.6 Å². The van der Waals surface area contributed by atoms with E-state index >= 15 is 0 Å². The number of hydrogen-bond acceptors (Lipinski definition) is 3. The number of thiophene rings is 1. The molecule has 106 valence electrons. The van der Waals surface area contributed by atoms with Gasteiger partial charge in [-0.25, -0.2) is 0 Å². The summed E-state index contributed by atoms with van der Waals surface area (Å²) in [6.45, 7) is 5.94. The molecule has 0 aliphatic rings. The summed E-state index contributed by atoms with van der Waals surface area (Å²) in [5, 5.41) is 2.03. The predicted molar refractivity (Wildman–Crippen MR) is 82.3 cm³/mol. The third-order valence-corrected chi connectivity index (χ3v) is 3.87. The largest absolute Gasteiger partial charge is 0.494 e. The normalized spacial score (nSPS) is 10.3. The van der Waals surface area contributed by atoms with Crippen LogP contribution in [0.1, 0.15) is 29.1 Å². The third-order valence-electron chi connectivity index (χ3n) is 3.01. The lowest BCUT2D eigenvalue weighted by atomic mass is 10.2. The quantitative estimate of drug-likeness (QED) is 0.809. The lowest BCUT2D eigenvalue weighted by Crippen LogP contribution is -2.29. The van der Waals surface area contributed by atoms with Crippen molar-refractivity contribution in [1.82, 2.24) is 4.90 Å². The van der Waals surface area contributed by atoms with Gasteiger partial charge >= 0.3 is 0 Å². The Kier molecular flexibility index (Phi) is 5.18. The van der Waals surface area contributed by atoms with Crippen molar-refractivity contribution in [3.63, 3.8) is 0 Å². The number of hydrogen-bond donors (Lipinski definition) is 0. The van der Waals surface area contributed by atoms with E-state index in [4.69, 9.17) is 4.74 Å². The molecule has 1 heterocycles. The van der Waals surface area contributed by atoms with Gasteiger partial charge in [-0.1, -0.05) is 6.07 Å². The molecule has 0 fully saturated rings. The fraction of sp³-hybridized carbons (Fsp3) is 0.312. The summed E-state index contributed by atoms with van der Waals surface area (Å²) in [6, 6.07) is 11.4. The highest BCUT2D eigenvalue weighted by molar-refractivity contribution is 7.09. The fourth-order valence-electron chi connectivity index (χ4n) is 1.96. The Labute approximate surface area is 123 Å². The van der Waals surface area contributed by atoms with Crippen LogP contribution in [-0.4, -0.2) is 24.0 Å². The summed E-state index contributed by atoms with van der Waals surface area (Å²) in [5.74, 6) is 0.856. The summed E-state index contributed by atoms with van der Waals surface area (Å²) in [6.07, 6.45) is 0. The van der Waals surface area contributed by atoms with E-state index in [1.54, 1.807) is 11.3 Å². The molecule has 0 spiro atoms. The first-order chi connectivity index (χ1) is 9.74. The van der Waals surface area contributed by atoms with Crippen LogP contribution in [0.4, 0.5) is 0 Å². The zero-order valence-electron chi connectivity index (χ0n) is 11.8. The van der Waals surface area contributed by atoms with E-state index in [2.05, 4.69) is 6.07 Å². The third kappa shape index (κ3) is 3.61. The van der Waals surface area contributed by atoms with Gasteiger partial charge in [-0.2, -0.15) is 0 Å². The highest BCUT2D eigenvalue weighted by Gasteiger charge is 2.14. The van der Waals surface area contributed by atoms with E-state index in [0.29, 0.717) is 25.3 Å². The van der Waals surface area contributed by atoms with Crippen LogP contribution in [0.5, 0.6) is 5.75 Å². The molecule has 0 saturated heterocycles. The molecule has 0 unspecified atom stereocenters. The van der Waals surface area contributed by atoms with Crippen LogP contribution >= 0.6 is 11.3 Å². The second-order valence-corrected chi connectivity index (χ2v) is 5.39. The minimum absolute atomic E-state index is 0.0592. The first-order valence-corrected chi connectivity index (χ1v) is 7.67. The zero-order valence-corrected chi connectivity index (χ0v) is 12.7. The molecular weight excluding hydrogens is 270 g/mol. The van der Waals surface area contributed by atoms with Gasteiger partial charge in [0, 0.05) is 17.0 Å². The topological polar surface area (TPSA) is 29.5 Å². The molecule has 0 N–H and O–H groups in total. The molecule has 1 aromatic carbocycles. The maximum atomic E-state index is 12.5. The maximum Gasteiger partial charge on any atom is 0.254 e. The van der Waals surface area contributed by atoms with E-state index in [0.717, 1.165) is 5.75 Å². The lowest BCUT2D eigenvalue weighted by molar-refractivity contribution is 0.0754. The van der Waals surface area contributed by atoms with Gasteiger partial charge in [0.05, 0.1) is 13.2 Å². The number of ether oxygens (including phenoxy) is 1. The molecule has 0 radical (unpaired) electrons. The number of rotatable bonds is 6. The van der Waals surface area contributed by atoms with Crippen molar-refractivity contribution in [2.24, 2.45) is 0 Å². The SMILES string of the molecule is CCOc1ccc(C(=O)N(CC)Cc2cccs2)cc1. The van der Waals surface area contributed by atoms with Crippen LogP contribution in [0.3, 0.4) is 0 Å². The standard InChI is InChI=1S/C16H19NO2S/c1-3-17(12-15-6-5-11-20-15)16(18)13-7-9-14(10-8-13)19-4-2/h5-11H,3-4,12H2,1-2H3. The van der Waals surface area contributed by atoms with Crippen molar-refractivity contribution < 1.29 is 9.53 Å². The molecular formula is C16H19NO2S. The summed E-state index contributed by atoms with van der Waals surface area (Å²) in [5.41, 5.74) is 0.701. The van der Waals surface area contributed by atoms with Gasteiger partial charge in [0.1, 0.15) is 5.75 Å². The average molecular weight is 289 g/mol. The van der Waals surface area contributed by atoms with E-state index in [9.17, 15) is 4.79 Å². The Hall–Kier alpha value is -1.81. The Bertz CT molecular complexity index is 534. The Morgan fingerprint density at radius 3 is 2.50 bits per heavy atom. The van der Waals surface area contributed by atoms with Crippen molar-refractivity contribution in [3.05, 3.63) is 52.2 Å². The molecule has 0 aliphatic heterocycles. The lowest BCUT2D eigenvalue weighted by Gasteiger charge is -2.20. The molecule has 3 nitrogen and oxygen atoms in total. The van der Waals surface area contributed by atoms with Crippen molar-refractivity contribution in [2.45, 2.75) is 20.4 Å². The summed E-state index contributed by atoms with van der Waals surface area (Å²) >= 11 is 1.67. The molecule has 0 bridgehead atoms. The average Bonchev–Trinajstić information content (AvgIpc) is 2.98. The molecule has 2 aromatic rings. The van der Waals surface area contributed by atoms with E-state index in [-0.39, 0.29) is 5.91 Å². The van der Waals surface area contributed by atoms with Crippen molar-refractivity contribution >= 4 is 17.2 Å². The number of benzene rings is 1. The number of nitrogens with zero attached hydrogens (tertiary/aromatic N) is 1. The summed E-state index contributed by atoms with van der Waals surface area (Å²) < 4.78 is 5.39. The highest BCUT2D eigenvalue weighted by atomic mass is 32.1. The summed E-state index contributed by atoms with van der Waals surface area (Å²) in [4.78, 5) is 15.5. The minimum Gasteiger partial charge on any atom is -0.494 e. The van der Waals surface area contributed by atoms with Crippen LogP contribution in [0, 0.1) is 0 Å². The van der Waals surface area contributed by atoms with Crippen LogP contribution in [0.15, 0.2) is 41.8 Å².